The molecular formula is C8H17N3O2. The first-order valence-corrected chi connectivity index (χ1v) is 4.35. The SMILES string of the molecule is CCC(CN)CC(=O)NCC(N)=O. The molecule has 13 heavy (non-hydrogen) atoms. The van der Waals surface area contributed by atoms with Gasteiger partial charge in [0, 0.05) is 6.42 Å². The van der Waals surface area contributed by atoms with Gasteiger partial charge < -0.3 is 16.8 Å². The van der Waals surface area contributed by atoms with Crippen LogP contribution in [0.2, 0.25) is 0 Å². The summed E-state index contributed by atoms with van der Waals surface area (Å²) in [6, 6.07) is 0. The minimum absolute atomic E-state index is 0.0974. The van der Waals surface area contributed by atoms with E-state index in [2.05, 4.69) is 5.32 Å². The number of carbonyl (C=O) groups is 2. The van der Waals surface area contributed by atoms with E-state index in [-0.39, 0.29) is 18.4 Å². The van der Waals surface area contributed by atoms with E-state index in [9.17, 15) is 9.59 Å². The minimum Gasteiger partial charge on any atom is -0.368 e. The quantitative estimate of drug-likeness (QED) is 0.495. The van der Waals surface area contributed by atoms with Gasteiger partial charge in [-0.3, -0.25) is 9.59 Å². The molecule has 5 heteroatoms. The average Bonchev–Trinajstić information content (AvgIpc) is 2.10. The molecule has 0 aliphatic rings. The van der Waals surface area contributed by atoms with E-state index in [1.807, 2.05) is 6.92 Å². The average molecular weight is 187 g/mol. The molecule has 0 bridgehead atoms. The molecule has 0 rings (SSSR count). The van der Waals surface area contributed by atoms with Gasteiger partial charge in [0.1, 0.15) is 0 Å². The predicted molar refractivity (Wildman–Crippen MR) is 49.7 cm³/mol. The summed E-state index contributed by atoms with van der Waals surface area (Å²) in [4.78, 5) is 21.4. The first kappa shape index (κ1) is 11.9. The van der Waals surface area contributed by atoms with Crippen LogP contribution in [0, 0.1) is 5.92 Å². The third-order valence-electron chi connectivity index (χ3n) is 1.84. The Labute approximate surface area is 77.8 Å². The van der Waals surface area contributed by atoms with E-state index in [0.717, 1.165) is 6.42 Å². The topological polar surface area (TPSA) is 98.2 Å². The third-order valence-corrected chi connectivity index (χ3v) is 1.84. The van der Waals surface area contributed by atoms with Gasteiger partial charge in [-0.2, -0.15) is 0 Å². The Morgan fingerprint density at radius 2 is 2.08 bits per heavy atom. The van der Waals surface area contributed by atoms with Crippen molar-refractivity contribution in [1.82, 2.24) is 5.32 Å². The van der Waals surface area contributed by atoms with Crippen molar-refractivity contribution in [2.45, 2.75) is 19.8 Å². The summed E-state index contributed by atoms with van der Waals surface area (Å²) in [5, 5.41) is 2.41. The van der Waals surface area contributed by atoms with Crippen LogP contribution in [0.1, 0.15) is 19.8 Å². The first-order chi connectivity index (χ1) is 6.10. The molecule has 1 unspecified atom stereocenters. The van der Waals surface area contributed by atoms with Crippen LogP contribution in [0.3, 0.4) is 0 Å². The van der Waals surface area contributed by atoms with Crippen molar-refractivity contribution < 1.29 is 9.59 Å². The zero-order chi connectivity index (χ0) is 10.3. The smallest absolute Gasteiger partial charge is 0.236 e. The number of nitrogens with two attached hydrogens (primary N) is 2. The number of hydrogen-bond acceptors (Lipinski definition) is 3. The number of amides is 2. The molecule has 0 saturated carbocycles. The zero-order valence-corrected chi connectivity index (χ0v) is 7.88. The van der Waals surface area contributed by atoms with Crippen LogP contribution >= 0.6 is 0 Å². The maximum absolute atomic E-state index is 11.1. The van der Waals surface area contributed by atoms with Crippen LogP contribution in [0.15, 0.2) is 0 Å². The van der Waals surface area contributed by atoms with E-state index in [4.69, 9.17) is 11.5 Å². The third kappa shape index (κ3) is 6.10. The molecule has 2 amide bonds. The lowest BCUT2D eigenvalue weighted by Crippen LogP contribution is -2.35. The number of nitrogens with one attached hydrogen (secondary N) is 1. The van der Waals surface area contributed by atoms with Crippen molar-refractivity contribution in [2.24, 2.45) is 17.4 Å². The highest BCUT2D eigenvalue weighted by molar-refractivity contribution is 5.83. The summed E-state index contributed by atoms with van der Waals surface area (Å²) in [7, 11) is 0. The fourth-order valence-electron chi connectivity index (χ4n) is 0.914. The van der Waals surface area contributed by atoms with E-state index in [1.165, 1.54) is 0 Å². The Kier molecular flexibility index (Phi) is 5.88. The number of rotatable bonds is 6. The lowest BCUT2D eigenvalue weighted by molar-refractivity contribution is -0.125. The Morgan fingerprint density at radius 3 is 2.46 bits per heavy atom. The summed E-state index contributed by atoms with van der Waals surface area (Å²) in [6.45, 7) is 2.36. The molecule has 0 aliphatic carbocycles. The van der Waals surface area contributed by atoms with E-state index in [0.29, 0.717) is 13.0 Å². The molecule has 0 spiro atoms. The standard InChI is InChI=1S/C8H17N3O2/c1-2-6(4-9)3-8(13)11-5-7(10)12/h6H,2-5,9H2,1H3,(H2,10,12)(H,11,13). The van der Waals surface area contributed by atoms with E-state index in [1.54, 1.807) is 0 Å². The molecule has 0 fully saturated rings. The van der Waals surface area contributed by atoms with Crippen LogP contribution in [0.25, 0.3) is 0 Å². The van der Waals surface area contributed by atoms with Crippen LogP contribution in [-0.4, -0.2) is 24.9 Å². The van der Waals surface area contributed by atoms with Crippen LogP contribution < -0.4 is 16.8 Å². The summed E-state index contributed by atoms with van der Waals surface area (Å²) < 4.78 is 0. The molecule has 5 N–H and O–H groups in total. The second kappa shape index (κ2) is 6.42. The predicted octanol–water partition coefficient (Wildman–Crippen LogP) is -1.04. The van der Waals surface area contributed by atoms with E-state index < -0.39 is 5.91 Å². The number of primary amides is 1. The number of carbonyl (C=O) groups excluding carboxylic acids is 2. The Balaban J connectivity index is 3.66. The van der Waals surface area contributed by atoms with Gasteiger partial charge in [0.05, 0.1) is 6.54 Å². The Hall–Kier alpha value is -1.10. The largest absolute Gasteiger partial charge is 0.368 e. The molecule has 5 nitrogen and oxygen atoms in total. The molecule has 0 aromatic rings. The van der Waals surface area contributed by atoms with Gasteiger partial charge in [0.25, 0.3) is 0 Å². The molecule has 0 aliphatic heterocycles. The molecule has 0 radical (unpaired) electrons. The molecule has 0 heterocycles. The minimum atomic E-state index is -0.533. The van der Waals surface area contributed by atoms with Gasteiger partial charge in [-0.15, -0.1) is 0 Å². The fraction of sp³-hybridized carbons (Fsp3) is 0.750. The lowest BCUT2D eigenvalue weighted by atomic mass is 10.0. The fourth-order valence-corrected chi connectivity index (χ4v) is 0.914. The van der Waals surface area contributed by atoms with Crippen molar-refractivity contribution in [3.8, 4) is 0 Å². The highest BCUT2D eigenvalue weighted by Gasteiger charge is 2.10. The van der Waals surface area contributed by atoms with Gasteiger partial charge in [-0.1, -0.05) is 13.3 Å². The van der Waals surface area contributed by atoms with Gasteiger partial charge in [0.15, 0.2) is 0 Å². The molecule has 76 valence electrons. The molecule has 0 saturated heterocycles. The van der Waals surface area contributed by atoms with Crippen LogP contribution in [-0.2, 0) is 9.59 Å². The van der Waals surface area contributed by atoms with Gasteiger partial charge in [-0.05, 0) is 12.5 Å². The number of hydrogen-bond donors (Lipinski definition) is 3. The van der Waals surface area contributed by atoms with Crippen LogP contribution in [0.5, 0.6) is 0 Å². The second-order valence-corrected chi connectivity index (χ2v) is 2.96. The van der Waals surface area contributed by atoms with Crippen molar-refractivity contribution in [1.29, 1.82) is 0 Å². The summed E-state index contributed by atoms with van der Waals surface area (Å²) in [5.41, 5.74) is 10.3. The summed E-state index contributed by atoms with van der Waals surface area (Å²) >= 11 is 0. The van der Waals surface area contributed by atoms with Crippen molar-refractivity contribution in [2.75, 3.05) is 13.1 Å². The van der Waals surface area contributed by atoms with Crippen LogP contribution in [0.4, 0.5) is 0 Å². The highest BCUT2D eigenvalue weighted by atomic mass is 16.2. The maximum Gasteiger partial charge on any atom is 0.236 e. The zero-order valence-electron chi connectivity index (χ0n) is 7.88. The van der Waals surface area contributed by atoms with Gasteiger partial charge >= 0.3 is 0 Å². The summed E-state index contributed by atoms with van der Waals surface area (Å²) in [5.74, 6) is -0.516. The maximum atomic E-state index is 11.1. The summed E-state index contributed by atoms with van der Waals surface area (Å²) in [6.07, 6.45) is 1.22. The first-order valence-electron chi connectivity index (χ1n) is 4.35. The van der Waals surface area contributed by atoms with Crippen molar-refractivity contribution >= 4 is 11.8 Å². The van der Waals surface area contributed by atoms with Gasteiger partial charge in [-0.25, -0.2) is 0 Å². The molecular weight excluding hydrogens is 170 g/mol. The molecule has 0 aromatic heterocycles. The highest BCUT2D eigenvalue weighted by Crippen LogP contribution is 2.04. The molecule has 1 atom stereocenters. The lowest BCUT2D eigenvalue weighted by Gasteiger charge is -2.10. The Morgan fingerprint density at radius 1 is 1.46 bits per heavy atom. The van der Waals surface area contributed by atoms with E-state index >= 15 is 0 Å². The molecule has 0 aromatic carbocycles. The monoisotopic (exact) mass is 187 g/mol. The normalized spacial score (nSPS) is 12.2. The van der Waals surface area contributed by atoms with Crippen molar-refractivity contribution in [3.05, 3.63) is 0 Å². The second-order valence-electron chi connectivity index (χ2n) is 2.96. The Bertz CT molecular complexity index is 178. The van der Waals surface area contributed by atoms with Crippen molar-refractivity contribution in [3.63, 3.8) is 0 Å². The van der Waals surface area contributed by atoms with Gasteiger partial charge in [0.2, 0.25) is 11.8 Å².